The number of aliphatic hydroxyl groups is 1. The van der Waals surface area contributed by atoms with Gasteiger partial charge in [0.15, 0.2) is 0 Å². The van der Waals surface area contributed by atoms with Gasteiger partial charge in [0.1, 0.15) is 0 Å². The minimum Gasteiger partial charge on any atom is -0.481 e. The van der Waals surface area contributed by atoms with Gasteiger partial charge in [-0.1, -0.05) is 140 Å². The molecule has 0 aliphatic carbocycles. The number of allylic oxidation sites excluding steroid dienone is 3. The van der Waals surface area contributed by atoms with Crippen LogP contribution in [0, 0.1) is 0 Å². The Kier molecular flexibility index (Phi) is 26.3. The maximum absolute atomic E-state index is 10.4. The van der Waals surface area contributed by atoms with Crippen LogP contribution in [-0.2, 0) is 4.79 Å². The van der Waals surface area contributed by atoms with E-state index in [-0.39, 0.29) is 6.10 Å². The van der Waals surface area contributed by atoms with Crippen LogP contribution >= 0.6 is 0 Å². The van der Waals surface area contributed by atoms with E-state index in [0.29, 0.717) is 6.42 Å². The number of unbranched alkanes of at least 4 members (excludes halogenated alkanes) is 17. The summed E-state index contributed by atoms with van der Waals surface area (Å²) in [6.45, 7) is 2.15. The summed E-state index contributed by atoms with van der Waals surface area (Å²) in [5, 5.41) is 18.6. The topological polar surface area (TPSA) is 57.5 Å². The highest BCUT2D eigenvalue weighted by molar-refractivity contribution is 5.66. The van der Waals surface area contributed by atoms with Crippen LogP contribution in [0.1, 0.15) is 155 Å². The summed E-state index contributed by atoms with van der Waals surface area (Å²) in [5.74, 6) is -0.659. The normalized spacial score (nSPS) is 12.8. The standard InChI is InChI=1S/C30H56O3/c1-2-3-4-5-20-23-26-29(31)27-24-21-18-16-14-12-10-8-6-7-9-11-13-15-17-19-22-25-28-30(32)33/h3-4,20,23,29,31H,2,5-19,21-22,24-28H2,1H3,(H,32,33). The van der Waals surface area contributed by atoms with Crippen molar-refractivity contribution in [2.45, 2.75) is 161 Å². The lowest BCUT2D eigenvalue weighted by molar-refractivity contribution is -0.137. The third kappa shape index (κ3) is 28.9. The molecule has 0 fully saturated rings. The van der Waals surface area contributed by atoms with Crippen molar-refractivity contribution in [3.8, 4) is 0 Å². The number of aliphatic hydroxyl groups excluding tert-OH is 1. The summed E-state index contributed by atoms with van der Waals surface area (Å²) in [6, 6.07) is 0. The molecule has 0 radical (unpaired) electrons. The summed E-state index contributed by atoms with van der Waals surface area (Å²) in [7, 11) is 0. The quantitative estimate of drug-likeness (QED) is 0.0989. The molecule has 0 aliphatic rings. The van der Waals surface area contributed by atoms with Crippen LogP contribution in [0.15, 0.2) is 24.3 Å². The second-order valence-corrected chi connectivity index (χ2v) is 9.77. The van der Waals surface area contributed by atoms with Gasteiger partial charge in [-0.25, -0.2) is 0 Å². The van der Waals surface area contributed by atoms with Gasteiger partial charge in [0.2, 0.25) is 0 Å². The summed E-state index contributed by atoms with van der Waals surface area (Å²) < 4.78 is 0. The molecule has 0 rings (SSSR count). The lowest BCUT2D eigenvalue weighted by Gasteiger charge is -2.07. The van der Waals surface area contributed by atoms with Crippen LogP contribution < -0.4 is 0 Å². The molecule has 1 unspecified atom stereocenters. The fourth-order valence-corrected chi connectivity index (χ4v) is 4.29. The van der Waals surface area contributed by atoms with E-state index in [9.17, 15) is 9.90 Å². The van der Waals surface area contributed by atoms with Crippen LogP contribution in [0.2, 0.25) is 0 Å². The van der Waals surface area contributed by atoms with Crippen molar-refractivity contribution in [3.05, 3.63) is 24.3 Å². The molecule has 2 N–H and O–H groups in total. The number of hydrogen-bond acceptors (Lipinski definition) is 2. The van der Waals surface area contributed by atoms with Crippen molar-refractivity contribution < 1.29 is 15.0 Å². The molecule has 0 bridgehead atoms. The van der Waals surface area contributed by atoms with E-state index in [4.69, 9.17) is 5.11 Å². The molecule has 1 atom stereocenters. The van der Waals surface area contributed by atoms with Gasteiger partial charge in [-0.15, -0.1) is 0 Å². The van der Waals surface area contributed by atoms with Gasteiger partial charge >= 0.3 is 5.97 Å². The Balaban J connectivity index is 3.16. The molecule has 0 aromatic carbocycles. The number of rotatable bonds is 26. The Bertz CT molecular complexity index is 455. The van der Waals surface area contributed by atoms with Crippen LogP contribution in [0.4, 0.5) is 0 Å². The van der Waals surface area contributed by atoms with E-state index in [1.54, 1.807) is 0 Å². The zero-order valence-corrected chi connectivity index (χ0v) is 22.0. The molecule has 0 heterocycles. The molecule has 0 spiro atoms. The molecular formula is C30H56O3. The van der Waals surface area contributed by atoms with E-state index in [1.165, 1.54) is 96.3 Å². The van der Waals surface area contributed by atoms with Crippen molar-refractivity contribution in [1.29, 1.82) is 0 Å². The van der Waals surface area contributed by atoms with Gasteiger partial charge in [-0.3, -0.25) is 4.79 Å². The first-order valence-electron chi connectivity index (χ1n) is 14.4. The molecule has 3 nitrogen and oxygen atoms in total. The molecule has 0 aromatic heterocycles. The molecule has 0 saturated heterocycles. The largest absolute Gasteiger partial charge is 0.481 e. The third-order valence-electron chi connectivity index (χ3n) is 6.43. The van der Waals surface area contributed by atoms with E-state index < -0.39 is 5.97 Å². The number of carbonyl (C=O) groups is 1. The number of carboxylic acid groups (broad SMARTS) is 1. The van der Waals surface area contributed by atoms with E-state index >= 15 is 0 Å². The fourth-order valence-electron chi connectivity index (χ4n) is 4.29. The Hall–Kier alpha value is -1.09. The Labute approximate surface area is 206 Å². The first kappa shape index (κ1) is 31.9. The van der Waals surface area contributed by atoms with E-state index in [2.05, 4.69) is 31.2 Å². The van der Waals surface area contributed by atoms with Crippen molar-refractivity contribution in [2.75, 3.05) is 0 Å². The molecule has 0 amide bonds. The van der Waals surface area contributed by atoms with Gasteiger partial charge in [0.05, 0.1) is 6.10 Å². The van der Waals surface area contributed by atoms with Gasteiger partial charge < -0.3 is 10.2 Å². The van der Waals surface area contributed by atoms with Crippen LogP contribution in [0.25, 0.3) is 0 Å². The zero-order chi connectivity index (χ0) is 24.2. The van der Waals surface area contributed by atoms with Gasteiger partial charge in [-0.2, -0.15) is 0 Å². The third-order valence-corrected chi connectivity index (χ3v) is 6.43. The second-order valence-electron chi connectivity index (χ2n) is 9.77. The highest BCUT2D eigenvalue weighted by atomic mass is 16.4. The molecule has 0 aliphatic heterocycles. The highest BCUT2D eigenvalue weighted by Gasteiger charge is 2.01. The van der Waals surface area contributed by atoms with E-state index in [1.807, 2.05) is 0 Å². The van der Waals surface area contributed by atoms with Gasteiger partial charge in [0.25, 0.3) is 0 Å². The molecule has 33 heavy (non-hydrogen) atoms. The molecule has 3 heteroatoms. The lowest BCUT2D eigenvalue weighted by Crippen LogP contribution is -2.04. The first-order valence-corrected chi connectivity index (χ1v) is 14.4. The molecular weight excluding hydrogens is 408 g/mol. The highest BCUT2D eigenvalue weighted by Crippen LogP contribution is 2.15. The average molecular weight is 465 g/mol. The first-order chi connectivity index (χ1) is 16.2. The minimum absolute atomic E-state index is 0.160. The van der Waals surface area contributed by atoms with Crippen molar-refractivity contribution in [2.24, 2.45) is 0 Å². The Morgan fingerprint density at radius 2 is 1.00 bits per heavy atom. The lowest BCUT2D eigenvalue weighted by atomic mass is 10.0. The molecule has 0 aromatic rings. The molecule has 0 saturated carbocycles. The fraction of sp³-hybridized carbons (Fsp3) is 0.833. The average Bonchev–Trinajstić information content (AvgIpc) is 2.79. The van der Waals surface area contributed by atoms with Gasteiger partial charge in [-0.05, 0) is 32.1 Å². The minimum atomic E-state index is -0.659. The van der Waals surface area contributed by atoms with Crippen LogP contribution in [-0.4, -0.2) is 22.3 Å². The predicted molar refractivity (Wildman–Crippen MR) is 144 cm³/mol. The maximum Gasteiger partial charge on any atom is 0.303 e. The van der Waals surface area contributed by atoms with Crippen molar-refractivity contribution in [3.63, 3.8) is 0 Å². The number of carboxylic acids is 1. The second kappa shape index (κ2) is 27.2. The van der Waals surface area contributed by atoms with Crippen molar-refractivity contribution in [1.82, 2.24) is 0 Å². The summed E-state index contributed by atoms with van der Waals surface area (Å²) in [5.41, 5.74) is 0. The SMILES string of the molecule is CCC=CCC=CCC(O)CCCCCCCCCCCCCCCCCCCCC(=O)O. The molecule has 194 valence electrons. The zero-order valence-electron chi connectivity index (χ0n) is 22.0. The smallest absolute Gasteiger partial charge is 0.303 e. The number of hydrogen-bond donors (Lipinski definition) is 2. The monoisotopic (exact) mass is 464 g/mol. The van der Waals surface area contributed by atoms with Crippen LogP contribution in [0.5, 0.6) is 0 Å². The van der Waals surface area contributed by atoms with Crippen LogP contribution in [0.3, 0.4) is 0 Å². The van der Waals surface area contributed by atoms with Crippen molar-refractivity contribution >= 4 is 5.97 Å². The summed E-state index contributed by atoms with van der Waals surface area (Å²) >= 11 is 0. The summed E-state index contributed by atoms with van der Waals surface area (Å²) in [4.78, 5) is 10.4. The number of aliphatic carboxylic acids is 1. The predicted octanol–water partition coefficient (Wildman–Crippen LogP) is 9.54. The summed E-state index contributed by atoms with van der Waals surface area (Å²) in [6.07, 6.45) is 35.9. The Morgan fingerprint density at radius 3 is 1.42 bits per heavy atom. The maximum atomic E-state index is 10.4. The Morgan fingerprint density at radius 1 is 0.606 bits per heavy atom. The van der Waals surface area contributed by atoms with E-state index in [0.717, 1.165) is 44.9 Å². The van der Waals surface area contributed by atoms with Gasteiger partial charge in [0, 0.05) is 6.42 Å².